The number of aromatic nitrogens is 1. The van der Waals surface area contributed by atoms with Gasteiger partial charge in [-0.2, -0.15) is 0 Å². The van der Waals surface area contributed by atoms with Crippen LogP contribution in [0.15, 0.2) is 48.7 Å². The molecule has 1 heterocycles. The van der Waals surface area contributed by atoms with Gasteiger partial charge in [-0.3, -0.25) is 9.78 Å². The normalized spacial score (nSPS) is 10.1. The summed E-state index contributed by atoms with van der Waals surface area (Å²) in [6.45, 7) is 2.69. The van der Waals surface area contributed by atoms with Crippen molar-refractivity contribution in [2.24, 2.45) is 0 Å². The van der Waals surface area contributed by atoms with E-state index >= 15 is 0 Å². The van der Waals surface area contributed by atoms with Crippen LogP contribution in [0.25, 0.3) is 0 Å². The van der Waals surface area contributed by atoms with Crippen molar-refractivity contribution in [1.29, 1.82) is 0 Å². The molecule has 0 radical (unpaired) electrons. The standard InChI is InChI=1S/C16H19N3O/c1-3-10-18-16(20)15-12-14(9-11-17-15)19(2)13-7-5-4-6-8-13/h4-9,11-12H,3,10H2,1-2H3,(H,18,20). The molecule has 104 valence electrons. The highest BCUT2D eigenvalue weighted by molar-refractivity contribution is 5.93. The topological polar surface area (TPSA) is 45.2 Å². The lowest BCUT2D eigenvalue weighted by Gasteiger charge is -2.19. The molecular formula is C16H19N3O. The first kappa shape index (κ1) is 14.1. The van der Waals surface area contributed by atoms with Crippen LogP contribution < -0.4 is 10.2 Å². The van der Waals surface area contributed by atoms with Crippen molar-refractivity contribution in [3.63, 3.8) is 0 Å². The number of anilines is 2. The van der Waals surface area contributed by atoms with Crippen molar-refractivity contribution in [1.82, 2.24) is 10.3 Å². The summed E-state index contributed by atoms with van der Waals surface area (Å²) >= 11 is 0. The zero-order valence-corrected chi connectivity index (χ0v) is 11.8. The number of nitrogens with one attached hydrogen (secondary N) is 1. The molecule has 1 aromatic heterocycles. The number of benzene rings is 1. The van der Waals surface area contributed by atoms with Crippen LogP contribution >= 0.6 is 0 Å². The lowest BCUT2D eigenvalue weighted by molar-refractivity contribution is 0.0948. The van der Waals surface area contributed by atoms with E-state index in [2.05, 4.69) is 10.3 Å². The second-order valence-electron chi connectivity index (χ2n) is 4.55. The molecule has 4 nitrogen and oxygen atoms in total. The van der Waals surface area contributed by atoms with Crippen LogP contribution in [0.1, 0.15) is 23.8 Å². The van der Waals surface area contributed by atoms with Gasteiger partial charge in [-0.1, -0.05) is 25.1 Å². The minimum absolute atomic E-state index is 0.129. The van der Waals surface area contributed by atoms with Gasteiger partial charge in [0.25, 0.3) is 5.91 Å². The van der Waals surface area contributed by atoms with E-state index in [9.17, 15) is 4.79 Å². The molecule has 1 aromatic carbocycles. The van der Waals surface area contributed by atoms with Crippen molar-refractivity contribution in [2.75, 3.05) is 18.5 Å². The molecule has 4 heteroatoms. The number of para-hydroxylation sites is 1. The molecule has 0 unspecified atom stereocenters. The molecule has 2 aromatic rings. The lowest BCUT2D eigenvalue weighted by Crippen LogP contribution is -2.25. The molecule has 0 aliphatic heterocycles. The molecule has 0 fully saturated rings. The molecule has 0 saturated carbocycles. The summed E-state index contributed by atoms with van der Waals surface area (Å²) in [7, 11) is 1.97. The number of amides is 1. The van der Waals surface area contributed by atoms with E-state index in [0.29, 0.717) is 12.2 Å². The third kappa shape index (κ3) is 3.35. The van der Waals surface area contributed by atoms with Gasteiger partial charge in [0.05, 0.1) is 0 Å². The van der Waals surface area contributed by atoms with Gasteiger partial charge in [-0.05, 0) is 30.7 Å². The molecule has 0 atom stereocenters. The zero-order valence-electron chi connectivity index (χ0n) is 11.8. The van der Waals surface area contributed by atoms with Crippen LogP contribution in [-0.2, 0) is 0 Å². The Kier molecular flexibility index (Phi) is 4.71. The molecule has 0 aliphatic carbocycles. The maximum absolute atomic E-state index is 11.9. The average molecular weight is 269 g/mol. The van der Waals surface area contributed by atoms with Gasteiger partial charge >= 0.3 is 0 Å². The monoisotopic (exact) mass is 269 g/mol. The second-order valence-corrected chi connectivity index (χ2v) is 4.55. The van der Waals surface area contributed by atoms with Gasteiger partial charge < -0.3 is 10.2 Å². The molecule has 1 amide bonds. The minimum Gasteiger partial charge on any atom is -0.351 e. The Morgan fingerprint density at radius 3 is 2.65 bits per heavy atom. The predicted molar refractivity (Wildman–Crippen MR) is 81.4 cm³/mol. The number of pyridine rings is 1. The first-order valence-electron chi connectivity index (χ1n) is 6.75. The highest BCUT2D eigenvalue weighted by atomic mass is 16.1. The van der Waals surface area contributed by atoms with Crippen molar-refractivity contribution in [3.8, 4) is 0 Å². The lowest BCUT2D eigenvalue weighted by atomic mass is 10.2. The summed E-state index contributed by atoms with van der Waals surface area (Å²) in [6, 6.07) is 13.7. The first-order valence-corrected chi connectivity index (χ1v) is 6.75. The van der Waals surface area contributed by atoms with Crippen molar-refractivity contribution < 1.29 is 4.79 Å². The largest absolute Gasteiger partial charge is 0.351 e. The number of rotatable bonds is 5. The summed E-state index contributed by atoms with van der Waals surface area (Å²) in [4.78, 5) is 18.1. The smallest absolute Gasteiger partial charge is 0.269 e. The predicted octanol–water partition coefficient (Wildman–Crippen LogP) is 2.99. The van der Waals surface area contributed by atoms with Crippen LogP contribution in [0.4, 0.5) is 11.4 Å². The van der Waals surface area contributed by atoms with E-state index in [0.717, 1.165) is 17.8 Å². The molecular weight excluding hydrogens is 250 g/mol. The fraction of sp³-hybridized carbons (Fsp3) is 0.250. The zero-order chi connectivity index (χ0) is 14.4. The maximum atomic E-state index is 11.9. The Bertz CT molecular complexity index is 569. The third-order valence-corrected chi connectivity index (χ3v) is 3.04. The fourth-order valence-electron chi connectivity index (χ4n) is 1.88. The summed E-state index contributed by atoms with van der Waals surface area (Å²) in [5.74, 6) is -0.129. The highest BCUT2D eigenvalue weighted by Gasteiger charge is 2.09. The second kappa shape index (κ2) is 6.70. The van der Waals surface area contributed by atoms with Gasteiger partial charge in [-0.15, -0.1) is 0 Å². The Labute approximate surface area is 119 Å². The quantitative estimate of drug-likeness (QED) is 0.907. The number of hydrogen-bond donors (Lipinski definition) is 1. The van der Waals surface area contributed by atoms with Crippen molar-refractivity contribution >= 4 is 17.3 Å². The van der Waals surface area contributed by atoms with Crippen LogP contribution in [0.5, 0.6) is 0 Å². The first-order chi connectivity index (χ1) is 9.72. The molecule has 0 bridgehead atoms. The van der Waals surface area contributed by atoms with Gasteiger partial charge in [0, 0.05) is 31.2 Å². The number of carbonyl (C=O) groups is 1. The van der Waals surface area contributed by atoms with Crippen LogP contribution in [-0.4, -0.2) is 24.5 Å². The van der Waals surface area contributed by atoms with Crippen LogP contribution in [0.2, 0.25) is 0 Å². The van der Waals surface area contributed by atoms with E-state index in [-0.39, 0.29) is 5.91 Å². The Morgan fingerprint density at radius 2 is 1.95 bits per heavy atom. The molecule has 1 N–H and O–H groups in total. The van der Waals surface area contributed by atoms with E-state index in [1.165, 1.54) is 0 Å². The summed E-state index contributed by atoms with van der Waals surface area (Å²) in [5, 5.41) is 2.83. The van der Waals surface area contributed by atoms with E-state index in [1.54, 1.807) is 12.3 Å². The number of nitrogens with zero attached hydrogens (tertiary/aromatic N) is 2. The van der Waals surface area contributed by atoms with E-state index < -0.39 is 0 Å². The summed E-state index contributed by atoms with van der Waals surface area (Å²) in [6.07, 6.45) is 2.57. The minimum atomic E-state index is -0.129. The average Bonchev–Trinajstić information content (AvgIpc) is 2.52. The Morgan fingerprint density at radius 1 is 1.20 bits per heavy atom. The molecule has 2 rings (SSSR count). The van der Waals surface area contributed by atoms with Gasteiger partial charge in [0.2, 0.25) is 0 Å². The van der Waals surface area contributed by atoms with Crippen LogP contribution in [0, 0.1) is 0 Å². The third-order valence-electron chi connectivity index (χ3n) is 3.04. The molecule has 20 heavy (non-hydrogen) atoms. The maximum Gasteiger partial charge on any atom is 0.269 e. The van der Waals surface area contributed by atoms with Gasteiger partial charge in [0.1, 0.15) is 5.69 Å². The molecule has 0 aliphatic rings. The van der Waals surface area contributed by atoms with E-state index in [1.807, 2.05) is 55.3 Å². The highest BCUT2D eigenvalue weighted by Crippen LogP contribution is 2.22. The number of hydrogen-bond acceptors (Lipinski definition) is 3. The summed E-state index contributed by atoms with van der Waals surface area (Å²) in [5.41, 5.74) is 2.45. The van der Waals surface area contributed by atoms with Crippen molar-refractivity contribution in [2.45, 2.75) is 13.3 Å². The summed E-state index contributed by atoms with van der Waals surface area (Å²) < 4.78 is 0. The van der Waals surface area contributed by atoms with Gasteiger partial charge in [-0.25, -0.2) is 0 Å². The molecule has 0 saturated heterocycles. The number of carbonyl (C=O) groups excluding carboxylic acids is 1. The van der Waals surface area contributed by atoms with Crippen LogP contribution in [0.3, 0.4) is 0 Å². The van der Waals surface area contributed by atoms with Gasteiger partial charge in [0.15, 0.2) is 0 Å². The molecule has 0 spiro atoms. The Balaban J connectivity index is 2.19. The van der Waals surface area contributed by atoms with E-state index in [4.69, 9.17) is 0 Å². The Hall–Kier alpha value is -2.36. The fourth-order valence-corrected chi connectivity index (χ4v) is 1.88. The SMILES string of the molecule is CCCNC(=O)c1cc(N(C)c2ccccc2)ccn1. The van der Waals surface area contributed by atoms with Crippen molar-refractivity contribution in [3.05, 3.63) is 54.4 Å².